The number of hydrogen-bond donors (Lipinski definition) is 2. The smallest absolute Gasteiger partial charge is 0.132 e. The number of piperidine rings is 1. The molecule has 0 bridgehead atoms. The topological polar surface area (TPSA) is 45.4 Å². The molecule has 2 N–H and O–H groups in total. The van der Waals surface area contributed by atoms with Crippen LogP contribution >= 0.6 is 0 Å². The van der Waals surface area contributed by atoms with Crippen molar-refractivity contribution in [3.8, 4) is 0 Å². The minimum Gasteiger partial charge on any atom is -0.467 e. The number of nitrogens with one attached hydrogen (secondary N) is 1. The summed E-state index contributed by atoms with van der Waals surface area (Å²) in [4.78, 5) is 0. The molecule has 1 aromatic heterocycles. The van der Waals surface area contributed by atoms with Crippen LogP contribution in [0, 0.1) is 5.92 Å². The number of rotatable bonds is 4. The molecule has 16 heavy (non-hydrogen) atoms. The van der Waals surface area contributed by atoms with Crippen LogP contribution in [0.4, 0.5) is 0 Å². The van der Waals surface area contributed by atoms with Crippen LogP contribution in [0.5, 0.6) is 0 Å². The Kier molecular flexibility index (Phi) is 4.02. The molecule has 0 aromatic carbocycles. The van der Waals surface area contributed by atoms with Gasteiger partial charge in [-0.15, -0.1) is 0 Å². The van der Waals surface area contributed by atoms with Crippen molar-refractivity contribution in [1.29, 1.82) is 0 Å². The summed E-state index contributed by atoms with van der Waals surface area (Å²) in [5, 5.41) is 13.5. The molecule has 0 spiro atoms. The molecule has 1 aliphatic heterocycles. The minimum absolute atomic E-state index is 0.429. The highest BCUT2D eigenvalue weighted by atomic mass is 16.4. The molecule has 2 rings (SSSR count). The first-order chi connectivity index (χ1) is 7.79. The normalized spacial score (nSPS) is 27.9. The van der Waals surface area contributed by atoms with Crippen molar-refractivity contribution in [2.24, 2.45) is 5.92 Å². The second-order valence-electron chi connectivity index (χ2n) is 4.72. The van der Waals surface area contributed by atoms with Crippen LogP contribution in [0.1, 0.15) is 44.5 Å². The second kappa shape index (κ2) is 5.51. The van der Waals surface area contributed by atoms with Crippen molar-refractivity contribution in [3.05, 3.63) is 24.2 Å². The lowest BCUT2D eigenvalue weighted by Crippen LogP contribution is -2.38. The summed E-state index contributed by atoms with van der Waals surface area (Å²) in [5.74, 6) is 1.50. The summed E-state index contributed by atoms with van der Waals surface area (Å²) in [6.07, 6.45) is 5.59. The molecule has 0 saturated carbocycles. The van der Waals surface area contributed by atoms with Gasteiger partial charge >= 0.3 is 0 Å². The lowest BCUT2D eigenvalue weighted by molar-refractivity contribution is 0.114. The highest BCUT2D eigenvalue weighted by Crippen LogP contribution is 2.26. The Morgan fingerprint density at radius 2 is 2.50 bits per heavy atom. The molecular weight excluding hydrogens is 202 g/mol. The summed E-state index contributed by atoms with van der Waals surface area (Å²) in [6, 6.07) is 4.09. The SMILES string of the molecule is CCC1CCNC(CC(O)c2ccco2)C1. The van der Waals surface area contributed by atoms with Gasteiger partial charge in [-0.3, -0.25) is 0 Å². The first-order valence-corrected chi connectivity index (χ1v) is 6.24. The zero-order valence-electron chi connectivity index (χ0n) is 9.86. The van der Waals surface area contributed by atoms with Crippen molar-refractivity contribution >= 4 is 0 Å². The highest BCUT2D eigenvalue weighted by Gasteiger charge is 2.23. The van der Waals surface area contributed by atoms with Crippen molar-refractivity contribution in [1.82, 2.24) is 5.32 Å². The van der Waals surface area contributed by atoms with Gasteiger partial charge in [0.15, 0.2) is 0 Å². The molecule has 0 amide bonds. The van der Waals surface area contributed by atoms with Crippen LogP contribution < -0.4 is 5.32 Å². The molecule has 90 valence electrons. The van der Waals surface area contributed by atoms with E-state index < -0.39 is 6.10 Å². The van der Waals surface area contributed by atoms with Crippen molar-refractivity contribution < 1.29 is 9.52 Å². The van der Waals surface area contributed by atoms with Crippen LogP contribution in [0.3, 0.4) is 0 Å². The number of aliphatic hydroxyl groups excluding tert-OH is 1. The average molecular weight is 223 g/mol. The van der Waals surface area contributed by atoms with E-state index in [0.717, 1.165) is 18.9 Å². The molecule has 0 aliphatic carbocycles. The van der Waals surface area contributed by atoms with E-state index in [-0.39, 0.29) is 0 Å². The number of furan rings is 1. The second-order valence-corrected chi connectivity index (χ2v) is 4.72. The molecule has 3 nitrogen and oxygen atoms in total. The number of aliphatic hydroxyl groups is 1. The summed E-state index contributed by atoms with van der Waals surface area (Å²) >= 11 is 0. The monoisotopic (exact) mass is 223 g/mol. The third-order valence-electron chi connectivity index (χ3n) is 3.56. The average Bonchev–Trinajstić information content (AvgIpc) is 2.83. The first kappa shape index (κ1) is 11.7. The van der Waals surface area contributed by atoms with E-state index in [9.17, 15) is 5.11 Å². The Labute approximate surface area is 96.8 Å². The summed E-state index contributed by atoms with van der Waals surface area (Å²) in [5.41, 5.74) is 0. The van der Waals surface area contributed by atoms with Gasteiger partial charge < -0.3 is 14.8 Å². The maximum absolute atomic E-state index is 9.99. The first-order valence-electron chi connectivity index (χ1n) is 6.24. The van der Waals surface area contributed by atoms with E-state index in [4.69, 9.17) is 4.42 Å². The van der Waals surface area contributed by atoms with E-state index in [1.807, 2.05) is 12.1 Å². The van der Waals surface area contributed by atoms with Crippen LogP contribution in [0.2, 0.25) is 0 Å². The van der Waals surface area contributed by atoms with E-state index in [2.05, 4.69) is 12.2 Å². The fraction of sp³-hybridized carbons (Fsp3) is 0.692. The van der Waals surface area contributed by atoms with Gasteiger partial charge in [0.2, 0.25) is 0 Å². The van der Waals surface area contributed by atoms with Gasteiger partial charge in [-0.25, -0.2) is 0 Å². The van der Waals surface area contributed by atoms with E-state index >= 15 is 0 Å². The maximum Gasteiger partial charge on any atom is 0.132 e. The quantitative estimate of drug-likeness (QED) is 0.824. The lowest BCUT2D eigenvalue weighted by atomic mass is 9.88. The third-order valence-corrected chi connectivity index (χ3v) is 3.56. The van der Waals surface area contributed by atoms with E-state index in [1.54, 1.807) is 6.26 Å². The van der Waals surface area contributed by atoms with E-state index in [0.29, 0.717) is 11.8 Å². The Morgan fingerprint density at radius 3 is 3.19 bits per heavy atom. The van der Waals surface area contributed by atoms with Crippen LogP contribution in [-0.2, 0) is 0 Å². The molecular formula is C13H21NO2. The fourth-order valence-corrected chi connectivity index (χ4v) is 2.51. The van der Waals surface area contributed by atoms with Crippen molar-refractivity contribution in [2.75, 3.05) is 6.54 Å². The molecule has 3 atom stereocenters. The van der Waals surface area contributed by atoms with Crippen LogP contribution in [0.25, 0.3) is 0 Å². The summed E-state index contributed by atoms with van der Waals surface area (Å²) < 4.78 is 5.21. The highest BCUT2D eigenvalue weighted by molar-refractivity contribution is 5.02. The summed E-state index contributed by atoms with van der Waals surface area (Å²) in [6.45, 7) is 3.32. The molecule has 0 radical (unpaired) electrons. The molecule has 1 fully saturated rings. The van der Waals surface area contributed by atoms with E-state index in [1.165, 1.54) is 19.3 Å². The Morgan fingerprint density at radius 1 is 1.62 bits per heavy atom. The van der Waals surface area contributed by atoms with Gasteiger partial charge in [0.25, 0.3) is 0 Å². The molecule has 1 aliphatic rings. The van der Waals surface area contributed by atoms with Gasteiger partial charge in [-0.1, -0.05) is 13.3 Å². The van der Waals surface area contributed by atoms with Gasteiger partial charge in [0.05, 0.1) is 6.26 Å². The van der Waals surface area contributed by atoms with Gasteiger partial charge in [0, 0.05) is 6.04 Å². The minimum atomic E-state index is -0.469. The predicted octanol–water partition coefficient (Wildman–Crippen LogP) is 2.48. The molecule has 1 saturated heterocycles. The predicted molar refractivity (Wildman–Crippen MR) is 63.1 cm³/mol. The molecule has 3 heteroatoms. The molecule has 2 heterocycles. The largest absolute Gasteiger partial charge is 0.467 e. The van der Waals surface area contributed by atoms with Crippen LogP contribution in [0.15, 0.2) is 22.8 Å². The lowest BCUT2D eigenvalue weighted by Gasteiger charge is -2.30. The Hall–Kier alpha value is -0.800. The number of hydrogen-bond acceptors (Lipinski definition) is 3. The van der Waals surface area contributed by atoms with Gasteiger partial charge in [-0.05, 0) is 43.9 Å². The van der Waals surface area contributed by atoms with Gasteiger partial charge in [-0.2, -0.15) is 0 Å². The standard InChI is InChI=1S/C13H21NO2/c1-2-10-5-6-14-11(8-10)9-12(15)13-4-3-7-16-13/h3-4,7,10-12,14-15H,2,5-6,8-9H2,1H3. The van der Waals surface area contributed by atoms with Crippen molar-refractivity contribution in [2.45, 2.75) is 44.8 Å². The molecule has 1 aromatic rings. The Balaban J connectivity index is 1.84. The fourth-order valence-electron chi connectivity index (χ4n) is 2.51. The maximum atomic E-state index is 9.99. The van der Waals surface area contributed by atoms with Gasteiger partial charge in [0.1, 0.15) is 11.9 Å². The van der Waals surface area contributed by atoms with Crippen LogP contribution in [-0.4, -0.2) is 17.7 Å². The zero-order chi connectivity index (χ0) is 11.4. The third kappa shape index (κ3) is 2.86. The van der Waals surface area contributed by atoms with Crippen molar-refractivity contribution in [3.63, 3.8) is 0 Å². The molecule has 3 unspecified atom stereocenters. The zero-order valence-corrected chi connectivity index (χ0v) is 9.86. The Bertz CT molecular complexity index is 297. The summed E-state index contributed by atoms with van der Waals surface area (Å²) in [7, 11) is 0.